The summed E-state index contributed by atoms with van der Waals surface area (Å²) in [5, 5.41) is 4.04. The van der Waals surface area contributed by atoms with Crippen molar-refractivity contribution in [2.45, 2.75) is 52.1 Å². The van der Waals surface area contributed by atoms with Gasteiger partial charge in [-0.1, -0.05) is 18.2 Å². The molecule has 3 aromatic rings. The third-order valence-electron chi connectivity index (χ3n) is 5.34. The lowest BCUT2D eigenvalue weighted by Gasteiger charge is -2.27. The summed E-state index contributed by atoms with van der Waals surface area (Å²) in [5.74, 6) is 0.339. The summed E-state index contributed by atoms with van der Waals surface area (Å²) < 4.78 is 52.9. The van der Waals surface area contributed by atoms with Crippen molar-refractivity contribution < 1.29 is 32.2 Å². The van der Waals surface area contributed by atoms with Crippen LogP contribution in [-0.2, 0) is 11.3 Å². The minimum absolute atomic E-state index is 0.0463. The Bertz CT molecular complexity index is 1270. The number of nitrogens with one attached hydrogen (secondary N) is 2. The Morgan fingerprint density at radius 3 is 2.58 bits per heavy atom. The van der Waals surface area contributed by atoms with Crippen molar-refractivity contribution in [2.75, 3.05) is 20.2 Å². The number of hydrogen-bond donors (Lipinski definition) is 2. The van der Waals surface area contributed by atoms with Gasteiger partial charge in [0.05, 0.1) is 19.3 Å². The Kier molecular flexibility index (Phi) is 8.69. The molecule has 38 heavy (non-hydrogen) atoms. The molecule has 2 aromatic heterocycles. The highest BCUT2D eigenvalue weighted by atomic mass is 19.4. The largest absolute Gasteiger partial charge is 0.478 e. The third kappa shape index (κ3) is 7.49. The average molecular weight is 537 g/mol. The first kappa shape index (κ1) is 28.5. The topological polar surface area (TPSA) is 110 Å². The number of ether oxygens (including phenoxy) is 2. The summed E-state index contributed by atoms with van der Waals surface area (Å²) in [5.41, 5.74) is 1.68. The number of urea groups is 1. The fourth-order valence-electron chi connectivity index (χ4n) is 3.54. The molecule has 0 aliphatic rings. The van der Waals surface area contributed by atoms with Gasteiger partial charge in [-0.15, -0.1) is 0 Å². The highest BCUT2D eigenvalue weighted by molar-refractivity contribution is 5.75. The van der Waals surface area contributed by atoms with Crippen molar-refractivity contribution in [1.29, 1.82) is 0 Å². The molecule has 3 rings (SSSR count). The molecule has 0 saturated heterocycles. The molecule has 0 aliphatic carbocycles. The number of methoxy groups -OCH3 is 1. The molecule has 0 bridgehead atoms. The number of nitrogens with zero attached hydrogens (tertiary/aromatic N) is 4. The molecule has 0 radical (unpaired) electrons. The van der Waals surface area contributed by atoms with Crippen LogP contribution in [0.3, 0.4) is 0 Å². The summed E-state index contributed by atoms with van der Waals surface area (Å²) >= 11 is 0. The van der Waals surface area contributed by atoms with Crippen molar-refractivity contribution >= 4 is 17.8 Å². The Morgan fingerprint density at radius 2 is 1.95 bits per heavy atom. The average Bonchev–Trinajstić information content (AvgIpc) is 3.31. The van der Waals surface area contributed by atoms with Gasteiger partial charge in [-0.25, -0.2) is 19.6 Å². The summed E-state index contributed by atoms with van der Waals surface area (Å²) in [6.45, 7) is 5.74. The van der Waals surface area contributed by atoms with E-state index in [1.807, 2.05) is 11.4 Å². The lowest BCUT2D eigenvalue weighted by molar-refractivity contribution is -0.152. The fraction of sp³-hybridized carbons (Fsp3) is 0.440. The van der Waals surface area contributed by atoms with Crippen molar-refractivity contribution in [3.8, 4) is 17.1 Å². The maximum absolute atomic E-state index is 13.6. The predicted octanol–water partition coefficient (Wildman–Crippen LogP) is 4.39. The molecule has 0 aliphatic heterocycles. The normalized spacial score (nSPS) is 12.6. The number of carbonyl (C=O) groups excluding carboxylic acids is 2. The zero-order valence-electron chi connectivity index (χ0n) is 21.8. The molecule has 10 nitrogen and oxygen atoms in total. The number of rotatable bonds is 8. The second-order valence-electron chi connectivity index (χ2n) is 9.43. The van der Waals surface area contributed by atoms with Gasteiger partial charge in [0.2, 0.25) is 0 Å². The van der Waals surface area contributed by atoms with E-state index in [-0.39, 0.29) is 13.1 Å². The quantitative estimate of drug-likeness (QED) is 0.442. The van der Waals surface area contributed by atoms with Crippen LogP contribution in [0.2, 0.25) is 0 Å². The first-order valence-corrected chi connectivity index (χ1v) is 11.9. The Hall–Kier alpha value is -4.03. The lowest BCUT2D eigenvalue weighted by atomic mass is 10.1. The van der Waals surface area contributed by atoms with E-state index in [0.29, 0.717) is 22.8 Å². The maximum atomic E-state index is 13.6. The van der Waals surface area contributed by atoms with Crippen molar-refractivity contribution in [1.82, 2.24) is 29.9 Å². The van der Waals surface area contributed by atoms with Gasteiger partial charge < -0.3 is 29.4 Å². The van der Waals surface area contributed by atoms with Crippen molar-refractivity contribution in [3.05, 3.63) is 48.4 Å². The van der Waals surface area contributed by atoms with E-state index >= 15 is 0 Å². The van der Waals surface area contributed by atoms with E-state index in [2.05, 4.69) is 15.3 Å². The van der Waals surface area contributed by atoms with E-state index in [1.165, 1.54) is 12.0 Å². The summed E-state index contributed by atoms with van der Waals surface area (Å²) in [6.07, 6.45) is -0.649. The number of imidazole rings is 1. The van der Waals surface area contributed by atoms with Gasteiger partial charge in [0.25, 0.3) is 5.88 Å². The van der Waals surface area contributed by atoms with Gasteiger partial charge in [0, 0.05) is 37.2 Å². The summed E-state index contributed by atoms with van der Waals surface area (Å²) in [7, 11) is 1.49. The number of halogens is 3. The highest BCUT2D eigenvalue weighted by Gasteiger charge is 2.41. The molecule has 1 unspecified atom stereocenters. The molecule has 206 valence electrons. The van der Waals surface area contributed by atoms with E-state index < -0.39 is 36.5 Å². The fourth-order valence-corrected chi connectivity index (χ4v) is 3.54. The molecule has 0 spiro atoms. The van der Waals surface area contributed by atoms with Crippen molar-refractivity contribution in [2.24, 2.45) is 0 Å². The van der Waals surface area contributed by atoms with Crippen LogP contribution in [0.25, 0.3) is 16.9 Å². The van der Waals surface area contributed by atoms with E-state index in [4.69, 9.17) is 9.47 Å². The lowest BCUT2D eigenvalue weighted by Crippen LogP contribution is -2.55. The molecule has 1 atom stereocenters. The smallest absolute Gasteiger partial charge is 0.410 e. The monoisotopic (exact) mass is 536 g/mol. The second kappa shape index (κ2) is 11.6. The van der Waals surface area contributed by atoms with Crippen LogP contribution in [0, 0.1) is 0 Å². The van der Waals surface area contributed by atoms with Crippen LogP contribution in [0.1, 0.15) is 33.3 Å². The molecule has 2 heterocycles. The Labute approximate surface area is 218 Å². The van der Waals surface area contributed by atoms with Crippen LogP contribution in [0.15, 0.2) is 42.9 Å². The number of fused-ring (bicyclic) bond motifs is 1. The van der Waals surface area contributed by atoms with E-state index in [9.17, 15) is 22.8 Å². The van der Waals surface area contributed by atoms with E-state index in [0.717, 1.165) is 5.56 Å². The number of carbonyl (C=O) groups is 2. The number of amides is 3. The zero-order chi connectivity index (χ0) is 28.1. The number of alkyl carbamates (subject to hydrolysis) is 1. The van der Waals surface area contributed by atoms with Crippen LogP contribution >= 0.6 is 0 Å². The molecule has 1 aromatic carbocycles. The number of aromatic nitrogens is 3. The summed E-state index contributed by atoms with van der Waals surface area (Å²) in [4.78, 5) is 34.5. The minimum atomic E-state index is -4.79. The SMILES string of the molecule is CCN(Cc1cccc(-c2cn3ccnc3c(OC)n2)c1)C(=O)NC(CNC(=O)OC(C)(C)C)C(F)(F)F. The molecule has 13 heteroatoms. The summed E-state index contributed by atoms with van der Waals surface area (Å²) in [6, 6.07) is 3.93. The molecular formula is C25H31F3N6O4. The first-order valence-electron chi connectivity index (χ1n) is 11.9. The minimum Gasteiger partial charge on any atom is -0.478 e. The van der Waals surface area contributed by atoms with E-state index in [1.54, 1.807) is 68.9 Å². The van der Waals surface area contributed by atoms with Crippen LogP contribution in [0.5, 0.6) is 5.88 Å². The number of alkyl halides is 3. The number of benzene rings is 1. The second-order valence-corrected chi connectivity index (χ2v) is 9.43. The highest BCUT2D eigenvalue weighted by Crippen LogP contribution is 2.25. The first-order chi connectivity index (χ1) is 17.8. The van der Waals surface area contributed by atoms with Crippen LogP contribution in [-0.4, -0.2) is 69.4 Å². The molecule has 0 saturated carbocycles. The van der Waals surface area contributed by atoms with Crippen molar-refractivity contribution in [3.63, 3.8) is 0 Å². The van der Waals surface area contributed by atoms with Crippen LogP contribution < -0.4 is 15.4 Å². The molecule has 3 amide bonds. The molecule has 0 fully saturated rings. The standard InChI is InChI=1S/C25H31F3N6O4/c1-6-33(22(35)32-19(25(26,27)28)13-30-23(36)38-24(2,3)4)14-16-8-7-9-17(12-16)18-15-34-11-10-29-20(34)21(31-18)37-5/h7-12,15,19H,6,13-14H2,1-5H3,(H,30,36)(H,32,35). The van der Waals surface area contributed by atoms with Crippen LogP contribution in [0.4, 0.5) is 22.8 Å². The Balaban J connectivity index is 1.72. The van der Waals surface area contributed by atoms with Gasteiger partial charge in [-0.2, -0.15) is 13.2 Å². The molecule has 2 N–H and O–H groups in total. The number of hydrogen-bond acceptors (Lipinski definition) is 6. The van der Waals surface area contributed by atoms with Gasteiger partial charge in [0.15, 0.2) is 5.65 Å². The van der Waals surface area contributed by atoms with Gasteiger partial charge in [-0.05, 0) is 39.3 Å². The molecular weight excluding hydrogens is 505 g/mol. The third-order valence-corrected chi connectivity index (χ3v) is 5.34. The Morgan fingerprint density at radius 1 is 1.21 bits per heavy atom. The van der Waals surface area contributed by atoms with Gasteiger partial charge in [-0.3, -0.25) is 0 Å². The predicted molar refractivity (Wildman–Crippen MR) is 134 cm³/mol. The zero-order valence-corrected chi connectivity index (χ0v) is 21.8. The maximum Gasteiger partial charge on any atom is 0.410 e. The van der Waals surface area contributed by atoms with Gasteiger partial charge in [0.1, 0.15) is 11.6 Å². The van der Waals surface area contributed by atoms with Gasteiger partial charge >= 0.3 is 18.3 Å².